The maximum absolute atomic E-state index is 12.6. The third-order valence-corrected chi connectivity index (χ3v) is 5.12. The number of fused-ring (bicyclic) bond motifs is 1. The molecule has 32 heavy (non-hydrogen) atoms. The Kier molecular flexibility index (Phi) is 6.53. The van der Waals surface area contributed by atoms with Gasteiger partial charge in [-0.2, -0.15) is 4.98 Å². The van der Waals surface area contributed by atoms with Crippen molar-refractivity contribution in [1.82, 2.24) is 20.3 Å². The average Bonchev–Trinajstić information content (AvgIpc) is 3.29. The van der Waals surface area contributed by atoms with E-state index in [1.165, 1.54) is 0 Å². The van der Waals surface area contributed by atoms with Crippen LogP contribution in [0.2, 0.25) is 0 Å². The van der Waals surface area contributed by atoms with E-state index in [0.29, 0.717) is 34.1 Å². The van der Waals surface area contributed by atoms with E-state index in [4.69, 9.17) is 4.74 Å². The molecule has 0 saturated carbocycles. The highest BCUT2D eigenvalue weighted by Crippen LogP contribution is 2.32. The zero-order valence-electron chi connectivity index (χ0n) is 17.2. The number of para-hydroxylation sites is 3. The summed E-state index contributed by atoms with van der Waals surface area (Å²) in [5.74, 6) is 2.25. The Morgan fingerprint density at radius 1 is 1.00 bits per heavy atom. The molecule has 4 aromatic rings. The van der Waals surface area contributed by atoms with E-state index in [-0.39, 0.29) is 24.0 Å². The summed E-state index contributed by atoms with van der Waals surface area (Å²) in [6.07, 6.45) is 2.59. The van der Waals surface area contributed by atoms with E-state index in [9.17, 15) is 4.79 Å². The van der Waals surface area contributed by atoms with Crippen molar-refractivity contribution in [3.63, 3.8) is 0 Å². The number of aromatic amines is 1. The molecule has 9 heteroatoms. The molecule has 1 aliphatic rings. The van der Waals surface area contributed by atoms with Crippen molar-refractivity contribution in [3.8, 4) is 11.5 Å². The molecule has 2 aromatic carbocycles. The van der Waals surface area contributed by atoms with Crippen LogP contribution in [0.25, 0.3) is 10.9 Å². The number of halogens is 1. The van der Waals surface area contributed by atoms with Gasteiger partial charge in [-0.25, -0.2) is 4.98 Å². The molecular formula is C23H23ClN6O2. The molecule has 5 rings (SSSR count). The van der Waals surface area contributed by atoms with Gasteiger partial charge in [0.05, 0.1) is 11.2 Å². The third kappa shape index (κ3) is 4.66. The van der Waals surface area contributed by atoms with Crippen molar-refractivity contribution in [2.75, 3.05) is 23.7 Å². The van der Waals surface area contributed by atoms with Gasteiger partial charge in [0, 0.05) is 18.8 Å². The number of rotatable bonds is 6. The molecule has 0 amide bonds. The lowest BCUT2D eigenvalue weighted by molar-refractivity contribution is 0.485. The second kappa shape index (κ2) is 9.67. The van der Waals surface area contributed by atoms with Crippen LogP contribution >= 0.6 is 12.4 Å². The van der Waals surface area contributed by atoms with Gasteiger partial charge in [-0.15, -0.1) is 12.4 Å². The predicted octanol–water partition coefficient (Wildman–Crippen LogP) is 4.05. The fraction of sp³-hybridized carbons (Fsp3) is 0.174. The SMILES string of the molecule is Cl.O=c1[nH]ccc2nc(NC3CCNC3)nc(Nc3ccccc3Oc3ccccc3)c12. The highest BCUT2D eigenvalue weighted by molar-refractivity contribution is 5.91. The van der Waals surface area contributed by atoms with E-state index in [1.807, 2.05) is 54.6 Å². The quantitative estimate of drug-likeness (QED) is 0.351. The molecule has 1 atom stereocenters. The van der Waals surface area contributed by atoms with Crippen LogP contribution in [0.1, 0.15) is 6.42 Å². The Morgan fingerprint density at radius 2 is 1.81 bits per heavy atom. The summed E-state index contributed by atoms with van der Waals surface area (Å²) in [6.45, 7) is 1.81. The number of benzene rings is 2. The van der Waals surface area contributed by atoms with Gasteiger partial charge in [0.15, 0.2) is 5.75 Å². The first kappa shape index (κ1) is 21.6. The van der Waals surface area contributed by atoms with Crippen molar-refractivity contribution in [1.29, 1.82) is 0 Å². The minimum Gasteiger partial charge on any atom is -0.455 e. The molecule has 0 aliphatic carbocycles. The average molecular weight is 451 g/mol. The first-order chi connectivity index (χ1) is 15.3. The zero-order chi connectivity index (χ0) is 21.0. The largest absolute Gasteiger partial charge is 0.455 e. The lowest BCUT2D eigenvalue weighted by Crippen LogP contribution is -2.24. The minimum atomic E-state index is -0.254. The van der Waals surface area contributed by atoms with Crippen LogP contribution in [0, 0.1) is 0 Å². The summed E-state index contributed by atoms with van der Waals surface area (Å²) in [5, 5.41) is 10.4. The van der Waals surface area contributed by atoms with Crippen molar-refractivity contribution < 1.29 is 4.74 Å². The molecule has 1 fully saturated rings. The molecule has 164 valence electrons. The fourth-order valence-corrected chi connectivity index (χ4v) is 3.61. The number of ether oxygens (including phenoxy) is 1. The van der Waals surface area contributed by atoms with Crippen LogP contribution < -0.4 is 26.2 Å². The van der Waals surface area contributed by atoms with Crippen molar-refractivity contribution in [3.05, 3.63) is 77.2 Å². The van der Waals surface area contributed by atoms with E-state index < -0.39 is 0 Å². The maximum atomic E-state index is 12.6. The van der Waals surface area contributed by atoms with Gasteiger partial charge in [0.25, 0.3) is 5.56 Å². The van der Waals surface area contributed by atoms with Crippen LogP contribution in [-0.4, -0.2) is 34.1 Å². The smallest absolute Gasteiger partial charge is 0.261 e. The van der Waals surface area contributed by atoms with Gasteiger partial charge >= 0.3 is 0 Å². The van der Waals surface area contributed by atoms with E-state index in [1.54, 1.807) is 12.3 Å². The highest BCUT2D eigenvalue weighted by Gasteiger charge is 2.18. The molecule has 0 spiro atoms. The summed E-state index contributed by atoms with van der Waals surface area (Å²) in [6, 6.07) is 19.1. The molecule has 1 unspecified atom stereocenters. The summed E-state index contributed by atoms with van der Waals surface area (Å²) in [5.41, 5.74) is 1.01. The highest BCUT2D eigenvalue weighted by atomic mass is 35.5. The van der Waals surface area contributed by atoms with Gasteiger partial charge < -0.3 is 25.7 Å². The normalized spacial score (nSPS) is 15.2. The number of H-pyrrole nitrogens is 1. The third-order valence-electron chi connectivity index (χ3n) is 5.12. The Morgan fingerprint density at radius 3 is 2.62 bits per heavy atom. The second-order valence-electron chi connectivity index (χ2n) is 7.33. The van der Waals surface area contributed by atoms with E-state index in [0.717, 1.165) is 25.3 Å². The van der Waals surface area contributed by atoms with Crippen LogP contribution in [0.5, 0.6) is 11.5 Å². The molecule has 3 heterocycles. The standard InChI is InChI=1S/C23H22N6O2.ClH/c30-22-20-18(11-13-25-22)28-23(26-15-10-12-24-14-15)29-21(20)27-17-8-4-5-9-19(17)31-16-6-2-1-3-7-16;/h1-9,11,13,15,24H,10,12,14H2,(H,25,30)(H2,26,27,28,29);1H. The maximum Gasteiger partial charge on any atom is 0.261 e. The monoisotopic (exact) mass is 450 g/mol. The number of hydrogen-bond donors (Lipinski definition) is 4. The van der Waals surface area contributed by atoms with Crippen LogP contribution in [0.4, 0.5) is 17.5 Å². The summed E-state index contributed by atoms with van der Waals surface area (Å²) < 4.78 is 6.05. The summed E-state index contributed by atoms with van der Waals surface area (Å²) >= 11 is 0. The topological polar surface area (TPSA) is 104 Å². The zero-order valence-corrected chi connectivity index (χ0v) is 18.0. The molecule has 4 N–H and O–H groups in total. The van der Waals surface area contributed by atoms with Gasteiger partial charge in [0.2, 0.25) is 5.95 Å². The molecule has 2 aromatic heterocycles. The predicted molar refractivity (Wildman–Crippen MR) is 129 cm³/mol. The molecule has 1 aliphatic heterocycles. The van der Waals surface area contributed by atoms with Crippen molar-refractivity contribution >= 4 is 40.8 Å². The van der Waals surface area contributed by atoms with Crippen LogP contribution in [0.3, 0.4) is 0 Å². The number of anilines is 3. The molecule has 0 radical (unpaired) electrons. The number of hydrogen-bond acceptors (Lipinski definition) is 7. The fourth-order valence-electron chi connectivity index (χ4n) is 3.61. The Balaban J connectivity index is 0.00000245. The van der Waals surface area contributed by atoms with Gasteiger partial charge in [-0.1, -0.05) is 30.3 Å². The lowest BCUT2D eigenvalue weighted by atomic mass is 10.2. The summed E-state index contributed by atoms with van der Waals surface area (Å²) in [7, 11) is 0. The van der Waals surface area contributed by atoms with Crippen LogP contribution in [0.15, 0.2) is 71.7 Å². The Labute approximate surface area is 190 Å². The van der Waals surface area contributed by atoms with Gasteiger partial charge in [-0.3, -0.25) is 4.79 Å². The second-order valence-corrected chi connectivity index (χ2v) is 7.33. The number of nitrogens with one attached hydrogen (secondary N) is 4. The lowest BCUT2D eigenvalue weighted by Gasteiger charge is -2.16. The molecule has 0 bridgehead atoms. The first-order valence-electron chi connectivity index (χ1n) is 10.2. The first-order valence-corrected chi connectivity index (χ1v) is 10.2. The Hall–Kier alpha value is -3.62. The van der Waals surface area contributed by atoms with Gasteiger partial charge in [0.1, 0.15) is 17.0 Å². The number of nitrogens with zero attached hydrogens (tertiary/aromatic N) is 2. The minimum absolute atomic E-state index is 0. The molecular weight excluding hydrogens is 428 g/mol. The van der Waals surface area contributed by atoms with E-state index in [2.05, 4.69) is 30.9 Å². The van der Waals surface area contributed by atoms with Crippen molar-refractivity contribution in [2.24, 2.45) is 0 Å². The van der Waals surface area contributed by atoms with Crippen molar-refractivity contribution in [2.45, 2.75) is 12.5 Å². The van der Waals surface area contributed by atoms with Crippen LogP contribution in [-0.2, 0) is 0 Å². The number of pyridine rings is 1. The number of aromatic nitrogens is 3. The molecule has 1 saturated heterocycles. The molecule has 8 nitrogen and oxygen atoms in total. The Bertz CT molecular complexity index is 1260. The van der Waals surface area contributed by atoms with Gasteiger partial charge in [-0.05, 0) is 43.3 Å². The van der Waals surface area contributed by atoms with E-state index >= 15 is 0 Å². The summed E-state index contributed by atoms with van der Waals surface area (Å²) in [4.78, 5) is 24.5.